The number of hydrogen-bond donors (Lipinski definition) is 4. The Morgan fingerprint density at radius 3 is 1.25 bits per heavy atom. The minimum Gasteiger partial charge on any atom is -0.462 e. The van der Waals surface area contributed by atoms with E-state index in [4.69, 9.17) is 32.7 Å². The van der Waals surface area contributed by atoms with Crippen LogP contribution in [0.15, 0.2) is 229 Å². The molecule has 0 aliphatic carbocycles. The number of rotatable bonds is 20. The lowest BCUT2D eigenvalue weighted by atomic mass is 9.78. The minimum absolute atomic E-state index is 0. The van der Waals surface area contributed by atoms with Gasteiger partial charge in [-0.05, 0) is 124 Å². The topological polar surface area (TPSA) is 254 Å². The molecule has 10 aromatic rings. The van der Waals surface area contributed by atoms with E-state index in [-0.39, 0.29) is 18.7 Å². The van der Waals surface area contributed by atoms with Crippen LogP contribution < -0.4 is 21.3 Å². The molecule has 0 saturated carbocycles. The Morgan fingerprint density at radius 2 is 0.860 bits per heavy atom. The van der Waals surface area contributed by atoms with E-state index in [2.05, 4.69) is 60.3 Å². The number of fused-ring (bicyclic) bond motifs is 2. The molecule has 2 atom stereocenters. The third kappa shape index (κ3) is 14.9. The van der Waals surface area contributed by atoms with E-state index >= 15 is 0 Å². The third-order valence-corrected chi connectivity index (χ3v) is 16.6. The zero-order valence-corrected chi connectivity index (χ0v) is 53.1. The van der Waals surface area contributed by atoms with Crippen molar-refractivity contribution in [1.82, 2.24) is 49.7 Å². The van der Waals surface area contributed by atoms with Crippen LogP contribution in [0.1, 0.15) is 85.3 Å². The molecule has 2 unspecified atom stereocenters. The van der Waals surface area contributed by atoms with Crippen LogP contribution in [-0.4, -0.2) is 81.5 Å². The number of halogens is 2. The van der Waals surface area contributed by atoms with Crippen LogP contribution >= 0.6 is 23.2 Å². The van der Waals surface area contributed by atoms with E-state index in [1.54, 1.807) is 85.7 Å². The summed E-state index contributed by atoms with van der Waals surface area (Å²) in [6, 6.07) is 48.0. The lowest BCUT2D eigenvalue weighted by Gasteiger charge is -2.32. The number of carbonyl (C=O) groups excluding carboxylic acids is 4. The fourth-order valence-corrected chi connectivity index (χ4v) is 12.1. The largest absolute Gasteiger partial charge is 0.462 e. The lowest BCUT2D eigenvalue weighted by molar-refractivity contribution is -0.140. The Labute approximate surface area is 547 Å². The number of anilines is 2. The molecule has 0 radical (unpaired) electrons. The molecule has 0 bridgehead atoms. The molecule has 2 amide bonds. The molecule has 8 heterocycles. The highest BCUT2D eigenvalue weighted by Crippen LogP contribution is 2.46. The summed E-state index contributed by atoms with van der Waals surface area (Å²) in [6.07, 6.45) is 13.1. The number of benzene rings is 4. The lowest BCUT2D eigenvalue weighted by Crippen LogP contribution is -2.34. The second kappa shape index (κ2) is 30.5. The van der Waals surface area contributed by atoms with Crippen LogP contribution in [0.25, 0.3) is 33.5 Å². The van der Waals surface area contributed by atoms with Crippen LogP contribution in [0.3, 0.4) is 0 Å². The summed E-state index contributed by atoms with van der Waals surface area (Å²) in [7, 11) is 0. The summed E-state index contributed by atoms with van der Waals surface area (Å²) in [5, 5.41) is 13.4. The molecule has 6 N–H and O–H groups in total. The van der Waals surface area contributed by atoms with Crippen LogP contribution in [0.2, 0.25) is 10.0 Å². The molecule has 2 aliphatic rings. The van der Waals surface area contributed by atoms with Gasteiger partial charge in [0.25, 0.3) is 11.8 Å². The molecule has 19 nitrogen and oxygen atoms in total. The number of imidazole rings is 2. The predicted molar refractivity (Wildman–Crippen MR) is 361 cm³/mol. The number of hydrogen-bond acceptors (Lipinski definition) is 14. The first-order chi connectivity index (χ1) is 44.8. The number of pyridine rings is 4. The maximum absolute atomic E-state index is 14.2. The molecular weight excluding hydrogens is 1220 g/mol. The maximum atomic E-state index is 14.2. The van der Waals surface area contributed by atoms with E-state index in [0.717, 1.165) is 70.8 Å². The highest BCUT2D eigenvalue weighted by atomic mass is 35.5. The summed E-state index contributed by atoms with van der Waals surface area (Å²) in [5.41, 5.74) is 10.2. The number of unbranched alkanes of at least 4 members (excludes halogenated alkanes) is 2. The number of allylic oxidation sites excluding steroid dienone is 2. The Balaban J connectivity index is 0.000000201. The molecule has 0 fully saturated rings. The van der Waals surface area contributed by atoms with Crippen molar-refractivity contribution in [2.45, 2.75) is 78.3 Å². The van der Waals surface area contributed by atoms with Gasteiger partial charge in [0, 0.05) is 59.3 Å². The van der Waals surface area contributed by atoms with Crippen molar-refractivity contribution in [3.8, 4) is 0 Å². The normalized spacial score (nSPS) is 14.6. The monoisotopic (exact) mass is 1280 g/mol. The average Bonchev–Trinajstić information content (AvgIpc) is 1.67. The fourth-order valence-electron chi connectivity index (χ4n) is 11.6. The third-order valence-electron chi connectivity index (χ3n) is 15.9. The van der Waals surface area contributed by atoms with Gasteiger partial charge in [-0.2, -0.15) is 0 Å². The van der Waals surface area contributed by atoms with Crippen LogP contribution in [0, 0.1) is 13.8 Å². The summed E-state index contributed by atoms with van der Waals surface area (Å²) >= 11 is 13.5. The van der Waals surface area contributed by atoms with Crippen molar-refractivity contribution in [3.05, 3.63) is 273 Å². The molecule has 2 aliphatic heterocycles. The number of carbonyl (C=O) groups is 4. The van der Waals surface area contributed by atoms with Crippen molar-refractivity contribution in [2.24, 2.45) is 0 Å². The van der Waals surface area contributed by atoms with Gasteiger partial charge in [-0.15, -0.1) is 0 Å². The fraction of sp³-hybridized carbons (Fsp3) is 0.194. The summed E-state index contributed by atoms with van der Waals surface area (Å²) in [4.78, 5) is 82.3. The zero-order chi connectivity index (χ0) is 64.1. The van der Waals surface area contributed by atoms with E-state index < -0.39 is 35.6 Å². The highest BCUT2D eigenvalue weighted by molar-refractivity contribution is 6.32. The van der Waals surface area contributed by atoms with Crippen molar-refractivity contribution in [2.75, 3.05) is 23.8 Å². The van der Waals surface area contributed by atoms with Gasteiger partial charge in [-0.1, -0.05) is 132 Å². The van der Waals surface area contributed by atoms with Crippen LogP contribution in [-0.2, 0) is 41.7 Å². The van der Waals surface area contributed by atoms with Crippen molar-refractivity contribution in [1.29, 1.82) is 0 Å². The number of aryl methyl sites for hydroxylation is 4. The van der Waals surface area contributed by atoms with Gasteiger partial charge in [-0.25, -0.2) is 29.5 Å². The first kappa shape index (κ1) is 65.4. The van der Waals surface area contributed by atoms with Crippen LogP contribution in [0.4, 0.5) is 11.6 Å². The van der Waals surface area contributed by atoms with Gasteiger partial charge >= 0.3 is 11.9 Å². The number of nitrogens with zero attached hydrogens (tertiary/aromatic N) is 8. The Bertz CT molecular complexity index is 4190. The molecule has 21 heteroatoms. The van der Waals surface area contributed by atoms with E-state index in [0.29, 0.717) is 90.7 Å². The minimum atomic E-state index is -0.810. The van der Waals surface area contributed by atoms with Gasteiger partial charge in [0.2, 0.25) is 0 Å². The number of aromatic nitrogens is 8. The maximum Gasteiger partial charge on any atom is 0.336 e. The van der Waals surface area contributed by atoms with Gasteiger partial charge in [-0.3, -0.25) is 19.6 Å². The smallest absolute Gasteiger partial charge is 0.336 e. The second-order valence-corrected chi connectivity index (χ2v) is 22.7. The average molecular weight is 1280 g/mol. The first-order valence-corrected chi connectivity index (χ1v) is 31.0. The SMILES string of the molecule is CC1=C(C(=O)OCCCCn2c(C)nc3cnccc32)C(c2ccccc2Cl)C(C(=O)Nc2ccccn2)=C(c2ccccc2)N1.CC1=C(C(=O)OCCCCn2c(C)nc3cnccc32)C(c2ccccc2Cl)C(C(=O)Nc2ccccn2)=C(c2ccccc2)N1.O. The molecule has 93 heavy (non-hydrogen) atoms. The molecule has 0 spiro atoms. The predicted octanol–water partition coefficient (Wildman–Crippen LogP) is 12.8. The molecule has 6 aromatic heterocycles. The highest BCUT2D eigenvalue weighted by Gasteiger charge is 2.41. The van der Waals surface area contributed by atoms with Crippen molar-refractivity contribution >= 4 is 92.1 Å². The molecule has 472 valence electrons. The first-order valence-electron chi connectivity index (χ1n) is 30.2. The van der Waals surface area contributed by atoms with Gasteiger partial charge in [0.15, 0.2) is 0 Å². The second-order valence-electron chi connectivity index (χ2n) is 21.9. The number of dihydropyridines is 2. The van der Waals surface area contributed by atoms with E-state index in [1.807, 2.05) is 137 Å². The summed E-state index contributed by atoms with van der Waals surface area (Å²) in [5.74, 6) is -0.873. The van der Waals surface area contributed by atoms with Crippen LogP contribution in [0.5, 0.6) is 0 Å². The summed E-state index contributed by atoms with van der Waals surface area (Å²) < 4.78 is 16.1. The quantitative estimate of drug-likeness (QED) is 0.0409. The Morgan fingerprint density at radius 1 is 0.473 bits per heavy atom. The number of amides is 2. The summed E-state index contributed by atoms with van der Waals surface area (Å²) in [6.45, 7) is 9.47. The molecule has 4 aromatic carbocycles. The number of ether oxygens (including phenoxy) is 2. The standard InChI is InChI=1S/2C36H33ClN6O3.H2O/c2*1-23-31(36(45)46-21-11-10-20-43-24(2)41-28-22-38-19-17-29(28)43)32(26-14-6-7-15-27(26)37)33(34(40-23)25-12-4-3-5-13-25)35(44)42-30-16-8-9-18-39-30;/h2*3-9,12-19,22,32,40H,10-11,20-21H2,1-2H3,(H,39,42,44);1H2. The van der Waals surface area contributed by atoms with Crippen molar-refractivity contribution < 1.29 is 34.1 Å². The molecule has 12 rings (SSSR count). The Hall–Kier alpha value is -10.6. The molecule has 0 saturated heterocycles. The van der Waals surface area contributed by atoms with Gasteiger partial charge < -0.3 is 45.4 Å². The molecular formula is C72H68Cl2N12O7. The number of nitrogens with one attached hydrogen (secondary N) is 4. The van der Waals surface area contributed by atoms with Crippen molar-refractivity contribution in [3.63, 3.8) is 0 Å². The number of esters is 2. The zero-order valence-electron chi connectivity index (χ0n) is 51.6. The van der Waals surface area contributed by atoms with E-state index in [1.165, 1.54) is 0 Å². The van der Waals surface area contributed by atoms with Gasteiger partial charge in [0.05, 0.1) is 82.2 Å². The van der Waals surface area contributed by atoms with E-state index in [9.17, 15) is 19.2 Å². The van der Waals surface area contributed by atoms with Gasteiger partial charge in [0.1, 0.15) is 34.3 Å². The Kier molecular flexibility index (Phi) is 21.4.